The van der Waals surface area contributed by atoms with Gasteiger partial charge in [-0.25, -0.2) is 0 Å². The van der Waals surface area contributed by atoms with Gasteiger partial charge in [0.05, 0.1) is 0 Å². The van der Waals surface area contributed by atoms with E-state index in [0.29, 0.717) is 0 Å². The summed E-state index contributed by atoms with van der Waals surface area (Å²) in [5, 5.41) is 0. The van der Waals surface area contributed by atoms with Crippen molar-refractivity contribution in [2.75, 3.05) is 0 Å². The summed E-state index contributed by atoms with van der Waals surface area (Å²) in [4.78, 5) is 0. The maximum Gasteiger partial charge on any atom is -0.0133 e. The van der Waals surface area contributed by atoms with Gasteiger partial charge in [-0.3, -0.25) is 0 Å². The van der Waals surface area contributed by atoms with Gasteiger partial charge in [0.15, 0.2) is 0 Å². The third kappa shape index (κ3) is 0.473. The summed E-state index contributed by atoms with van der Waals surface area (Å²) in [5.41, 5.74) is 3.87. The lowest BCUT2D eigenvalue weighted by atomic mass is 9.34. The van der Waals surface area contributed by atoms with Gasteiger partial charge in [-0.1, -0.05) is 20.3 Å². The fraction of sp³-hybridized carbons (Fsp3) is 1.00. The topological polar surface area (TPSA) is 0 Å². The molecular weight excluding hydrogens is 252 g/mol. The van der Waals surface area contributed by atoms with Gasteiger partial charge >= 0.3 is 0 Å². The molecule has 0 aromatic heterocycles. The van der Waals surface area contributed by atoms with E-state index in [2.05, 4.69) is 13.8 Å². The van der Waals surface area contributed by atoms with Gasteiger partial charge in [-0.05, 0) is 107 Å². The first kappa shape index (κ1) is 9.99. The zero-order chi connectivity index (χ0) is 13.3. The van der Waals surface area contributed by atoms with Crippen LogP contribution in [-0.4, -0.2) is 0 Å². The number of rotatable bonds is 1. The van der Waals surface area contributed by atoms with Crippen molar-refractivity contribution >= 4 is 0 Å². The predicted molar refractivity (Wildman–Crippen MR) is 79.1 cm³/mol. The van der Waals surface area contributed by atoms with E-state index in [1.54, 1.807) is 25.7 Å². The van der Waals surface area contributed by atoms with Crippen molar-refractivity contribution in [3.05, 3.63) is 0 Å². The zero-order valence-electron chi connectivity index (χ0n) is 13.3. The van der Waals surface area contributed by atoms with Crippen LogP contribution in [0, 0.1) is 80.8 Å². The fourth-order valence-corrected chi connectivity index (χ4v) is 14.0. The minimum Gasteiger partial charge on any atom is -0.0651 e. The van der Waals surface area contributed by atoms with Crippen molar-refractivity contribution in [1.29, 1.82) is 0 Å². The second-order valence-electron chi connectivity index (χ2n) is 11.6. The van der Waals surface area contributed by atoms with Gasteiger partial charge in [0, 0.05) is 0 Å². The van der Waals surface area contributed by atoms with Crippen LogP contribution in [0.3, 0.4) is 0 Å². The Bertz CT molecular complexity index is 694. The minimum atomic E-state index is 0.931. The lowest BCUT2D eigenvalue weighted by Crippen LogP contribution is -2.64. The highest BCUT2D eigenvalue weighted by atomic mass is 15.1. The number of hydrogen-bond donors (Lipinski definition) is 0. The second kappa shape index (κ2) is 2.07. The monoisotopic (exact) mass is 278 g/mol. The maximum atomic E-state index is 2.65. The van der Waals surface area contributed by atoms with Gasteiger partial charge in [0.2, 0.25) is 0 Å². The molecule has 9 aliphatic carbocycles. The highest BCUT2D eigenvalue weighted by Crippen LogP contribution is 3.14. The summed E-state index contributed by atoms with van der Waals surface area (Å²) in [6.45, 7) is 5.16. The molecule has 0 aliphatic heterocycles. The molecule has 21 heavy (non-hydrogen) atoms. The lowest BCUT2D eigenvalue weighted by molar-refractivity contribution is -0.224. The second-order valence-corrected chi connectivity index (χ2v) is 11.6. The minimum absolute atomic E-state index is 0.931. The van der Waals surface area contributed by atoms with Crippen LogP contribution in [0.25, 0.3) is 0 Å². The Labute approximate surface area is 127 Å². The van der Waals surface area contributed by atoms with E-state index in [1.165, 1.54) is 59.7 Å². The van der Waals surface area contributed by atoms with E-state index in [9.17, 15) is 0 Å². The molecule has 0 radical (unpaired) electrons. The van der Waals surface area contributed by atoms with Crippen LogP contribution >= 0.6 is 0 Å². The average Bonchev–Trinajstić information content (AvgIpc) is 2.87. The van der Waals surface area contributed by atoms with Gasteiger partial charge in [0.25, 0.3) is 0 Å². The molecule has 3 spiro atoms. The quantitative estimate of drug-likeness (QED) is 0.674. The molecular formula is C21H26. The van der Waals surface area contributed by atoms with Gasteiger partial charge in [-0.15, -0.1) is 0 Å². The molecule has 2 bridgehead atoms. The van der Waals surface area contributed by atoms with Crippen LogP contribution in [0.4, 0.5) is 0 Å². The highest BCUT2D eigenvalue weighted by molar-refractivity contribution is 5.57. The molecule has 0 amide bonds. The maximum absolute atomic E-state index is 2.65. The van der Waals surface area contributed by atoms with Crippen LogP contribution in [0.2, 0.25) is 0 Å². The summed E-state index contributed by atoms with van der Waals surface area (Å²) >= 11 is 0. The Hall–Kier alpha value is 0. The Balaban J connectivity index is 1.37. The first-order valence-corrected chi connectivity index (χ1v) is 10.2. The van der Waals surface area contributed by atoms with Crippen molar-refractivity contribution in [2.45, 2.75) is 46.0 Å². The zero-order valence-corrected chi connectivity index (χ0v) is 13.3. The van der Waals surface area contributed by atoms with E-state index in [4.69, 9.17) is 0 Å². The van der Waals surface area contributed by atoms with E-state index in [1.807, 2.05) is 0 Å². The Morgan fingerprint density at radius 2 is 1.81 bits per heavy atom. The summed E-state index contributed by atoms with van der Waals surface area (Å²) in [6.07, 6.45) is 8.45. The van der Waals surface area contributed by atoms with E-state index in [-0.39, 0.29) is 0 Å². The summed E-state index contributed by atoms with van der Waals surface area (Å²) in [6, 6.07) is 0. The summed E-state index contributed by atoms with van der Waals surface area (Å²) in [5.74, 6) is 12.4. The standard InChI is InChI=1S/C21H26/c1-3-9-12-16-14(9)21(16)17(12)15-10-4-8(2)13-11-5-19(21)6-18(10,13)7-20(11,15)19/h8-17H,3-7H2,1-2H3. The molecule has 0 nitrogen and oxygen atoms in total. The first-order chi connectivity index (χ1) is 10.2. The smallest absolute Gasteiger partial charge is 0.0133 e. The molecule has 0 heterocycles. The van der Waals surface area contributed by atoms with Crippen LogP contribution in [-0.2, 0) is 0 Å². The largest absolute Gasteiger partial charge is 0.0651 e. The molecule has 9 aliphatic rings. The molecule has 0 saturated heterocycles. The molecule has 0 N–H and O–H groups in total. The number of fused-ring (bicyclic) bond motifs is 4. The normalized spacial score (nSPS) is 93.4. The molecule has 110 valence electrons. The molecule has 9 rings (SSSR count). The molecule has 0 aromatic carbocycles. The molecule has 0 heteroatoms. The third-order valence-electron chi connectivity index (χ3n) is 12.9. The third-order valence-corrected chi connectivity index (χ3v) is 12.9. The average molecular weight is 278 g/mol. The van der Waals surface area contributed by atoms with Gasteiger partial charge in [-0.2, -0.15) is 0 Å². The first-order valence-electron chi connectivity index (χ1n) is 10.2. The Morgan fingerprint density at radius 3 is 2.67 bits per heavy atom. The van der Waals surface area contributed by atoms with Crippen molar-refractivity contribution in [3.8, 4) is 0 Å². The SMILES string of the molecule is CCC1C2C3C4C5CC(C)C6C7CC8(CC56CC748)C34C1C24. The van der Waals surface area contributed by atoms with Crippen molar-refractivity contribution in [3.63, 3.8) is 0 Å². The molecule has 14 atom stereocenters. The molecule has 0 aromatic rings. The lowest BCUT2D eigenvalue weighted by Gasteiger charge is -2.69. The summed E-state index contributed by atoms with van der Waals surface area (Å²) in [7, 11) is 0. The highest BCUT2D eigenvalue weighted by Gasteiger charge is 3.10. The van der Waals surface area contributed by atoms with Crippen LogP contribution in [0.15, 0.2) is 0 Å². The van der Waals surface area contributed by atoms with Crippen LogP contribution in [0.1, 0.15) is 46.0 Å². The van der Waals surface area contributed by atoms with Crippen molar-refractivity contribution in [1.82, 2.24) is 0 Å². The Kier molecular flexibility index (Phi) is 0.987. The van der Waals surface area contributed by atoms with Crippen molar-refractivity contribution in [2.24, 2.45) is 80.8 Å². The predicted octanol–water partition coefficient (Wildman–Crippen LogP) is 4.21. The van der Waals surface area contributed by atoms with Crippen LogP contribution < -0.4 is 0 Å². The molecule has 9 fully saturated rings. The Morgan fingerprint density at radius 1 is 0.952 bits per heavy atom. The summed E-state index contributed by atoms with van der Waals surface area (Å²) < 4.78 is 0. The fourth-order valence-electron chi connectivity index (χ4n) is 14.0. The molecule has 14 unspecified atom stereocenters. The van der Waals surface area contributed by atoms with E-state index >= 15 is 0 Å². The van der Waals surface area contributed by atoms with E-state index < -0.39 is 0 Å². The molecule has 9 saturated carbocycles. The van der Waals surface area contributed by atoms with Crippen molar-refractivity contribution < 1.29 is 0 Å². The van der Waals surface area contributed by atoms with Gasteiger partial charge in [0.1, 0.15) is 0 Å². The van der Waals surface area contributed by atoms with Crippen LogP contribution in [0.5, 0.6) is 0 Å². The van der Waals surface area contributed by atoms with E-state index in [0.717, 1.165) is 27.6 Å². The van der Waals surface area contributed by atoms with Gasteiger partial charge < -0.3 is 0 Å². The number of hydrogen-bond acceptors (Lipinski definition) is 0.